The average molecular weight is 108 g/mol. The summed E-state index contributed by atoms with van der Waals surface area (Å²) in [4.78, 5) is 0. The summed E-state index contributed by atoms with van der Waals surface area (Å²) in [6.07, 6.45) is 3.46. The average Bonchev–Trinajstić information content (AvgIpc) is 1.41. The summed E-state index contributed by atoms with van der Waals surface area (Å²) in [6, 6.07) is 0. The summed E-state index contributed by atoms with van der Waals surface area (Å²) in [7, 11) is 0. The Morgan fingerprint density at radius 3 is 2.00 bits per heavy atom. The molecule has 0 bridgehead atoms. The normalized spacial score (nSPS) is 7.33. The van der Waals surface area contributed by atoms with Gasteiger partial charge in [0.25, 0.3) is 0 Å². The van der Waals surface area contributed by atoms with Gasteiger partial charge < -0.3 is 5.11 Å². The number of hydrogen-bond acceptors (Lipinski definition) is 1. The standard InChI is InChI=1S/C4H6O.K/c1-2-3-4-5;/h2-5H,1H2;/q;+1/p-1/b4-3+;. The van der Waals surface area contributed by atoms with E-state index in [-0.39, 0.29) is 51.4 Å². The van der Waals surface area contributed by atoms with Gasteiger partial charge in [-0.05, 0) is 0 Å². The molecular weight excluding hydrogens is 103 g/mol. The molecule has 0 aromatic carbocycles. The second-order valence-electron chi connectivity index (χ2n) is 0.564. The second-order valence-corrected chi connectivity index (χ2v) is 0.564. The largest absolute Gasteiger partial charge is 1.00 e. The topological polar surface area (TPSA) is 23.1 Å². The quantitative estimate of drug-likeness (QED) is 0.200. The van der Waals surface area contributed by atoms with Crippen molar-refractivity contribution in [1.82, 2.24) is 0 Å². The van der Waals surface area contributed by atoms with Crippen LogP contribution in [0.2, 0.25) is 0 Å². The Bertz CT molecular complexity index is 49.5. The molecule has 0 heterocycles. The fourth-order valence-corrected chi connectivity index (χ4v) is 0.0556. The zero-order chi connectivity index (χ0) is 4.12. The Balaban J connectivity index is 0. The summed E-state index contributed by atoms with van der Waals surface area (Å²) in [5, 5.41) is 9.28. The van der Waals surface area contributed by atoms with Crippen molar-refractivity contribution in [2.45, 2.75) is 0 Å². The predicted molar refractivity (Wildman–Crippen MR) is 19.3 cm³/mol. The molecule has 0 aromatic heterocycles. The molecule has 0 aliphatic heterocycles. The van der Waals surface area contributed by atoms with Crippen molar-refractivity contribution in [2.24, 2.45) is 0 Å². The molecule has 0 rings (SSSR count). The third-order valence-corrected chi connectivity index (χ3v) is 0.215. The van der Waals surface area contributed by atoms with Crippen molar-refractivity contribution in [3.63, 3.8) is 0 Å². The Hall–Kier alpha value is 0.916. The van der Waals surface area contributed by atoms with Crippen LogP contribution >= 0.6 is 0 Å². The fourth-order valence-electron chi connectivity index (χ4n) is 0.0556. The van der Waals surface area contributed by atoms with Crippen molar-refractivity contribution in [3.05, 3.63) is 25.0 Å². The maximum Gasteiger partial charge on any atom is 1.00 e. The van der Waals surface area contributed by atoms with Gasteiger partial charge in [-0.15, -0.1) is 6.26 Å². The zero-order valence-corrected chi connectivity index (χ0v) is 6.97. The fraction of sp³-hybridized carbons (Fsp3) is 0. The predicted octanol–water partition coefficient (Wildman–Crippen LogP) is -2.95. The molecule has 0 aromatic rings. The smallest absolute Gasteiger partial charge is 0.878 e. The summed E-state index contributed by atoms with van der Waals surface area (Å²) in [5.74, 6) is 0. The van der Waals surface area contributed by atoms with Crippen LogP contribution in [-0.2, 0) is 0 Å². The Labute approximate surface area is 80.2 Å². The van der Waals surface area contributed by atoms with Crippen LogP contribution in [-0.4, -0.2) is 0 Å². The van der Waals surface area contributed by atoms with Crippen molar-refractivity contribution in [3.8, 4) is 0 Å². The molecule has 0 N–H and O–H groups in total. The van der Waals surface area contributed by atoms with Crippen LogP contribution in [0.15, 0.2) is 25.0 Å². The van der Waals surface area contributed by atoms with Gasteiger partial charge in [0.2, 0.25) is 0 Å². The van der Waals surface area contributed by atoms with Crippen LogP contribution in [0, 0.1) is 0 Å². The van der Waals surface area contributed by atoms with E-state index in [0.29, 0.717) is 6.26 Å². The van der Waals surface area contributed by atoms with E-state index in [0.717, 1.165) is 0 Å². The molecule has 28 valence electrons. The third kappa shape index (κ3) is 8.87. The van der Waals surface area contributed by atoms with Crippen molar-refractivity contribution >= 4 is 0 Å². The molecule has 0 aliphatic rings. The Kier molecular flexibility index (Phi) is 15.6. The molecule has 2 heteroatoms. The van der Waals surface area contributed by atoms with E-state index < -0.39 is 0 Å². The van der Waals surface area contributed by atoms with Gasteiger partial charge in [0.15, 0.2) is 0 Å². The van der Waals surface area contributed by atoms with Crippen LogP contribution in [0.3, 0.4) is 0 Å². The molecule has 0 saturated carbocycles. The minimum absolute atomic E-state index is 0. The van der Waals surface area contributed by atoms with Gasteiger partial charge in [0.1, 0.15) is 0 Å². The summed E-state index contributed by atoms with van der Waals surface area (Å²) >= 11 is 0. The molecule has 0 spiro atoms. The van der Waals surface area contributed by atoms with Crippen LogP contribution in [0.25, 0.3) is 0 Å². The zero-order valence-electron chi connectivity index (χ0n) is 3.85. The molecule has 0 atom stereocenters. The first-order valence-corrected chi connectivity index (χ1v) is 1.31. The van der Waals surface area contributed by atoms with Crippen molar-refractivity contribution < 1.29 is 56.5 Å². The maximum atomic E-state index is 9.28. The Morgan fingerprint density at radius 2 is 2.00 bits per heavy atom. The molecule has 0 aliphatic carbocycles. The van der Waals surface area contributed by atoms with E-state index in [1.807, 2.05) is 0 Å². The molecule has 0 fully saturated rings. The van der Waals surface area contributed by atoms with Gasteiger partial charge >= 0.3 is 51.4 Å². The van der Waals surface area contributed by atoms with E-state index in [4.69, 9.17) is 0 Å². The minimum atomic E-state index is 0. The molecule has 0 saturated heterocycles. The van der Waals surface area contributed by atoms with Crippen LogP contribution in [0.1, 0.15) is 0 Å². The van der Waals surface area contributed by atoms with Gasteiger partial charge in [-0.2, -0.15) is 0 Å². The monoisotopic (exact) mass is 108 g/mol. The SMILES string of the molecule is C=C/C=C/[O-].[K+]. The van der Waals surface area contributed by atoms with Gasteiger partial charge in [-0.3, -0.25) is 0 Å². The van der Waals surface area contributed by atoms with Crippen LogP contribution in [0.5, 0.6) is 0 Å². The second kappa shape index (κ2) is 9.32. The molecule has 0 radical (unpaired) electrons. The number of hydrogen-bond donors (Lipinski definition) is 0. The Morgan fingerprint density at radius 1 is 1.50 bits per heavy atom. The van der Waals surface area contributed by atoms with E-state index in [1.54, 1.807) is 0 Å². The van der Waals surface area contributed by atoms with Gasteiger partial charge in [-0.25, -0.2) is 0 Å². The minimum Gasteiger partial charge on any atom is -0.878 e. The third-order valence-electron chi connectivity index (χ3n) is 0.215. The maximum absolute atomic E-state index is 9.28. The van der Waals surface area contributed by atoms with Gasteiger partial charge in [0, 0.05) is 0 Å². The number of allylic oxidation sites excluding steroid dienone is 2. The van der Waals surface area contributed by atoms with E-state index >= 15 is 0 Å². The van der Waals surface area contributed by atoms with Crippen LogP contribution in [0.4, 0.5) is 0 Å². The van der Waals surface area contributed by atoms with E-state index in [1.165, 1.54) is 12.2 Å². The summed E-state index contributed by atoms with van der Waals surface area (Å²) < 4.78 is 0. The molecular formula is C4H5KO. The first kappa shape index (κ1) is 10.0. The first-order valence-electron chi connectivity index (χ1n) is 1.31. The van der Waals surface area contributed by atoms with Crippen LogP contribution < -0.4 is 56.5 Å². The van der Waals surface area contributed by atoms with E-state index in [9.17, 15) is 5.11 Å². The van der Waals surface area contributed by atoms with Gasteiger partial charge in [0.05, 0.1) is 0 Å². The van der Waals surface area contributed by atoms with Crippen molar-refractivity contribution in [1.29, 1.82) is 0 Å². The molecule has 1 nitrogen and oxygen atoms in total. The van der Waals surface area contributed by atoms with Gasteiger partial charge in [-0.1, -0.05) is 18.7 Å². The van der Waals surface area contributed by atoms with E-state index in [2.05, 4.69) is 6.58 Å². The molecule has 6 heavy (non-hydrogen) atoms. The molecule has 0 unspecified atom stereocenters. The molecule has 0 amide bonds. The summed E-state index contributed by atoms with van der Waals surface area (Å²) in [6.45, 7) is 3.26. The first-order chi connectivity index (χ1) is 2.41. The van der Waals surface area contributed by atoms with Crippen molar-refractivity contribution in [2.75, 3.05) is 0 Å². The number of rotatable bonds is 1. The summed E-state index contributed by atoms with van der Waals surface area (Å²) in [5.41, 5.74) is 0.